The number of carbonyl (C=O) groups excluding carboxylic acids is 1. The number of benzene rings is 1. The Hall–Kier alpha value is -3.14. The van der Waals surface area contributed by atoms with Gasteiger partial charge in [-0.25, -0.2) is 4.79 Å². The molecule has 1 aromatic heterocycles. The van der Waals surface area contributed by atoms with Crippen LogP contribution in [0.25, 0.3) is 11.1 Å². The third-order valence-corrected chi connectivity index (χ3v) is 2.90. The summed E-state index contributed by atoms with van der Waals surface area (Å²) < 4.78 is 6.04. The molecule has 7 heteroatoms. The van der Waals surface area contributed by atoms with Crippen molar-refractivity contribution < 1.29 is 9.53 Å². The third-order valence-electron chi connectivity index (χ3n) is 2.90. The Morgan fingerprint density at radius 1 is 1.43 bits per heavy atom. The van der Waals surface area contributed by atoms with Crippen LogP contribution in [0.2, 0.25) is 0 Å². The van der Waals surface area contributed by atoms with Crippen LogP contribution in [0.15, 0.2) is 35.6 Å². The van der Waals surface area contributed by atoms with Gasteiger partial charge in [0.15, 0.2) is 0 Å². The molecule has 0 saturated carbocycles. The number of nitrogens with zero attached hydrogens (tertiary/aromatic N) is 3. The largest absolute Gasteiger partial charge is 0.462 e. The SMILES string of the molecule is CCOC(=O)c1cn(N)c(C#N)c1-c1ccc(N=O)cc1. The van der Waals surface area contributed by atoms with Crippen LogP contribution >= 0.6 is 0 Å². The molecule has 0 aliphatic rings. The quantitative estimate of drug-likeness (QED) is 0.526. The van der Waals surface area contributed by atoms with Crippen LogP contribution in [-0.4, -0.2) is 17.3 Å². The van der Waals surface area contributed by atoms with Gasteiger partial charge in [0.1, 0.15) is 17.5 Å². The number of nitrogens with two attached hydrogens (primary N) is 1. The highest BCUT2D eigenvalue weighted by Crippen LogP contribution is 2.30. The van der Waals surface area contributed by atoms with Gasteiger partial charge in [-0.1, -0.05) is 12.1 Å². The van der Waals surface area contributed by atoms with E-state index in [-0.39, 0.29) is 23.6 Å². The molecule has 0 spiro atoms. The minimum atomic E-state index is -0.564. The van der Waals surface area contributed by atoms with Gasteiger partial charge in [-0.3, -0.25) is 4.68 Å². The third kappa shape index (κ3) is 2.60. The number of esters is 1. The lowest BCUT2D eigenvalue weighted by Gasteiger charge is -2.05. The maximum absolute atomic E-state index is 12.0. The van der Waals surface area contributed by atoms with E-state index in [0.29, 0.717) is 11.1 Å². The second-order valence-electron chi connectivity index (χ2n) is 4.14. The summed E-state index contributed by atoms with van der Waals surface area (Å²) in [6.07, 6.45) is 1.35. The van der Waals surface area contributed by atoms with E-state index in [0.717, 1.165) is 4.68 Å². The number of nitroso groups, excluding NO2 is 1. The van der Waals surface area contributed by atoms with E-state index >= 15 is 0 Å². The number of nitriles is 1. The average molecular weight is 284 g/mol. The zero-order valence-electron chi connectivity index (χ0n) is 11.2. The summed E-state index contributed by atoms with van der Waals surface area (Å²) in [7, 11) is 0. The van der Waals surface area contributed by atoms with Crippen LogP contribution in [0.3, 0.4) is 0 Å². The highest BCUT2D eigenvalue weighted by Gasteiger charge is 2.22. The van der Waals surface area contributed by atoms with E-state index in [2.05, 4.69) is 5.18 Å². The second kappa shape index (κ2) is 5.88. The molecule has 0 radical (unpaired) electrons. The summed E-state index contributed by atoms with van der Waals surface area (Å²) in [5.74, 6) is 5.13. The predicted octanol–water partition coefficient (Wildman–Crippen LogP) is 2.32. The molecule has 2 N–H and O–H groups in total. The van der Waals surface area contributed by atoms with Crippen LogP contribution in [-0.2, 0) is 4.74 Å². The molecule has 2 aromatic rings. The number of aromatic nitrogens is 1. The van der Waals surface area contributed by atoms with Crippen molar-refractivity contribution >= 4 is 11.7 Å². The van der Waals surface area contributed by atoms with E-state index in [1.54, 1.807) is 19.1 Å². The van der Waals surface area contributed by atoms with Crippen LogP contribution in [0.1, 0.15) is 23.0 Å². The van der Waals surface area contributed by atoms with Gasteiger partial charge in [-0.15, -0.1) is 4.91 Å². The van der Waals surface area contributed by atoms with Crippen molar-refractivity contribution in [1.82, 2.24) is 4.68 Å². The first kappa shape index (κ1) is 14.3. The average Bonchev–Trinajstić information content (AvgIpc) is 2.84. The zero-order chi connectivity index (χ0) is 15.4. The van der Waals surface area contributed by atoms with Gasteiger partial charge in [0.25, 0.3) is 0 Å². The van der Waals surface area contributed by atoms with Gasteiger partial charge >= 0.3 is 5.97 Å². The molecule has 2 rings (SSSR count). The monoisotopic (exact) mass is 284 g/mol. The lowest BCUT2D eigenvalue weighted by molar-refractivity contribution is 0.0527. The summed E-state index contributed by atoms with van der Waals surface area (Å²) in [4.78, 5) is 22.4. The summed E-state index contributed by atoms with van der Waals surface area (Å²) in [5.41, 5.74) is 1.52. The number of hydrogen-bond donors (Lipinski definition) is 1. The fraction of sp³-hybridized carbons (Fsp3) is 0.143. The number of rotatable bonds is 4. The normalized spacial score (nSPS) is 9.90. The summed E-state index contributed by atoms with van der Waals surface area (Å²) >= 11 is 0. The maximum Gasteiger partial charge on any atom is 0.340 e. The molecule has 1 aromatic carbocycles. The maximum atomic E-state index is 12.0. The van der Waals surface area contributed by atoms with Crippen molar-refractivity contribution in [3.63, 3.8) is 0 Å². The molecule has 106 valence electrons. The zero-order valence-corrected chi connectivity index (χ0v) is 11.2. The van der Waals surface area contributed by atoms with Gasteiger partial charge in [0.2, 0.25) is 0 Å². The van der Waals surface area contributed by atoms with Gasteiger partial charge in [0.05, 0.1) is 12.2 Å². The highest BCUT2D eigenvalue weighted by atomic mass is 16.5. The van der Waals surface area contributed by atoms with Gasteiger partial charge in [0, 0.05) is 11.8 Å². The Labute approximate surface area is 120 Å². The summed E-state index contributed by atoms with van der Waals surface area (Å²) in [6.45, 7) is 1.90. The Balaban J connectivity index is 2.61. The molecule has 0 aliphatic carbocycles. The topological polar surface area (TPSA) is 110 Å². The van der Waals surface area contributed by atoms with E-state index in [1.165, 1.54) is 18.3 Å². The van der Waals surface area contributed by atoms with Crippen LogP contribution in [0.5, 0.6) is 0 Å². The number of ether oxygens (including phenoxy) is 1. The standard InChI is InChI=1S/C14H12N4O3/c1-2-21-14(19)11-8-18(16)12(7-15)13(11)9-3-5-10(17-20)6-4-9/h3-6,8H,2,16H2,1H3. The number of carbonyl (C=O) groups is 1. The molecule has 0 amide bonds. The van der Waals surface area contributed by atoms with Crippen LogP contribution < -0.4 is 5.84 Å². The molecule has 0 saturated heterocycles. The molecule has 7 nitrogen and oxygen atoms in total. The Kier molecular flexibility index (Phi) is 4.00. The van der Waals surface area contributed by atoms with Gasteiger partial charge in [-0.05, 0) is 29.8 Å². The minimum Gasteiger partial charge on any atom is -0.462 e. The van der Waals surface area contributed by atoms with E-state index in [1.807, 2.05) is 6.07 Å². The van der Waals surface area contributed by atoms with Gasteiger partial charge < -0.3 is 10.6 Å². The number of hydrogen-bond acceptors (Lipinski definition) is 6. The molecular formula is C14H12N4O3. The van der Waals surface area contributed by atoms with Crippen molar-refractivity contribution in [3.05, 3.63) is 46.6 Å². The Morgan fingerprint density at radius 2 is 2.10 bits per heavy atom. The molecule has 21 heavy (non-hydrogen) atoms. The first-order valence-electron chi connectivity index (χ1n) is 6.13. The van der Waals surface area contributed by atoms with E-state index < -0.39 is 5.97 Å². The van der Waals surface area contributed by atoms with Crippen LogP contribution in [0.4, 0.5) is 5.69 Å². The lowest BCUT2D eigenvalue weighted by Crippen LogP contribution is -2.09. The first-order valence-corrected chi connectivity index (χ1v) is 6.13. The fourth-order valence-electron chi connectivity index (χ4n) is 1.98. The Bertz CT molecular complexity index is 726. The van der Waals surface area contributed by atoms with Crippen molar-refractivity contribution in [2.45, 2.75) is 6.92 Å². The molecule has 0 fully saturated rings. The molecule has 0 unspecified atom stereocenters. The predicted molar refractivity (Wildman–Crippen MR) is 76.1 cm³/mol. The summed E-state index contributed by atoms with van der Waals surface area (Å²) in [5, 5.41) is 12.0. The molecule has 1 heterocycles. The molecular weight excluding hydrogens is 272 g/mol. The van der Waals surface area contributed by atoms with Crippen molar-refractivity contribution in [1.29, 1.82) is 5.26 Å². The highest BCUT2D eigenvalue weighted by molar-refractivity contribution is 5.99. The summed E-state index contributed by atoms with van der Waals surface area (Å²) in [6, 6.07) is 8.12. The minimum absolute atomic E-state index is 0.130. The van der Waals surface area contributed by atoms with E-state index in [4.69, 9.17) is 10.6 Å². The first-order chi connectivity index (χ1) is 10.1. The molecule has 0 atom stereocenters. The molecule has 0 aliphatic heterocycles. The second-order valence-corrected chi connectivity index (χ2v) is 4.14. The van der Waals surface area contributed by atoms with Gasteiger partial charge in [-0.2, -0.15) is 5.26 Å². The fourth-order valence-corrected chi connectivity index (χ4v) is 1.98. The smallest absolute Gasteiger partial charge is 0.340 e. The number of nitrogen functional groups attached to an aromatic ring is 1. The Morgan fingerprint density at radius 3 is 2.62 bits per heavy atom. The van der Waals surface area contributed by atoms with Crippen LogP contribution in [0, 0.1) is 16.2 Å². The van der Waals surface area contributed by atoms with Crippen molar-refractivity contribution in [2.24, 2.45) is 5.18 Å². The molecule has 0 bridgehead atoms. The van der Waals surface area contributed by atoms with Crippen molar-refractivity contribution in [3.8, 4) is 17.2 Å². The van der Waals surface area contributed by atoms with Crippen molar-refractivity contribution in [2.75, 3.05) is 12.4 Å². The lowest BCUT2D eigenvalue weighted by atomic mass is 10.0. The van der Waals surface area contributed by atoms with E-state index in [9.17, 15) is 15.0 Å².